The van der Waals surface area contributed by atoms with E-state index in [1.807, 2.05) is 32.3 Å². The minimum absolute atomic E-state index is 0.00180. The number of pyridine rings is 1. The lowest BCUT2D eigenvalue weighted by Gasteiger charge is -2.33. The van der Waals surface area contributed by atoms with Gasteiger partial charge in [0.05, 0.1) is 61.2 Å². The number of methoxy groups -OCH3 is 1. The molecule has 2 fully saturated rings. The molecule has 0 spiro atoms. The highest BCUT2D eigenvalue weighted by Crippen LogP contribution is 2.37. The van der Waals surface area contributed by atoms with E-state index < -0.39 is 36.1 Å². The molecular weight excluding hydrogens is 1120 g/mol. The predicted octanol–water partition coefficient (Wildman–Crippen LogP) is 7.07. The number of carbonyl (C=O) groups excluding carboxylic acids is 7. The molecule has 5 amide bonds. The molecule has 5 aromatic heterocycles. The lowest BCUT2D eigenvalue weighted by molar-refractivity contribution is -0.116. The van der Waals surface area contributed by atoms with Crippen LogP contribution in [0.15, 0.2) is 96.7 Å². The number of hydrogen-bond donors (Lipinski definition) is 4. The molecule has 7 heterocycles. The number of ketones is 2. The number of imidazole rings is 1. The number of aryl methyl sites for hydroxylation is 4. The van der Waals surface area contributed by atoms with Crippen LogP contribution in [0.3, 0.4) is 0 Å². The van der Waals surface area contributed by atoms with Gasteiger partial charge >= 0.3 is 6.09 Å². The third kappa shape index (κ3) is 15.6. The van der Waals surface area contributed by atoms with Crippen molar-refractivity contribution in [3.05, 3.63) is 126 Å². The standard InChI is InChI=1S/C58H71N13O11S2/c1-36-24-45(57-70(19-21-81-57)58(78)82-22-23-83-84-52-16-9-11-17-60-52)71(31-36)56(77)40-29-48(79-8)49(30-41(40)59)80-20-13-15-51(74)63-50-35-69(7)53(64-50)55(76)62-39-28-43(68(6)34-39)47(73)26-37-25-44(66(4)32-37)54(75)61-38-27-42(67(5)33-38)46(72)14-10-12-18-65(2)3/h9,11,16-17,25,27-30,32-35,45,57H,1,10,12-15,18-24,26,31,59H2,2-8H3,(H,61,75)(H,62,76)(H,63,74)/t45-,57?/m0/s1. The average molecular weight is 1190 g/mol. The molecule has 2 aliphatic heterocycles. The van der Waals surface area contributed by atoms with Gasteiger partial charge in [-0.05, 0) is 99.1 Å². The second-order valence-corrected chi connectivity index (χ2v) is 23.2. The quantitative estimate of drug-likeness (QED) is 0.0132. The number of nitrogens with one attached hydrogen (secondary N) is 3. The number of amides is 5. The Bertz CT molecular complexity index is 3410. The van der Waals surface area contributed by atoms with Crippen LogP contribution in [0.5, 0.6) is 11.5 Å². The van der Waals surface area contributed by atoms with Crippen LogP contribution < -0.4 is 31.2 Å². The number of nitrogens with two attached hydrogens (primary N) is 1. The Hall–Kier alpha value is -8.33. The Kier molecular flexibility index (Phi) is 20.8. The summed E-state index contributed by atoms with van der Waals surface area (Å²) in [5, 5.41) is 9.22. The maximum Gasteiger partial charge on any atom is 0.412 e. The molecule has 0 aliphatic carbocycles. The monoisotopic (exact) mass is 1190 g/mol. The van der Waals surface area contributed by atoms with Crippen molar-refractivity contribution in [3.63, 3.8) is 0 Å². The fourth-order valence-corrected chi connectivity index (χ4v) is 11.6. The van der Waals surface area contributed by atoms with Crippen LogP contribution >= 0.6 is 21.6 Å². The third-order valence-corrected chi connectivity index (χ3v) is 16.2. The summed E-state index contributed by atoms with van der Waals surface area (Å²) in [6, 6.07) is 13.0. The van der Waals surface area contributed by atoms with Crippen molar-refractivity contribution in [3.8, 4) is 11.5 Å². The molecule has 0 radical (unpaired) electrons. The van der Waals surface area contributed by atoms with Crippen molar-refractivity contribution in [2.24, 2.45) is 28.2 Å². The van der Waals surface area contributed by atoms with E-state index in [0.29, 0.717) is 59.2 Å². The first-order valence-corrected chi connectivity index (χ1v) is 29.6. The summed E-state index contributed by atoms with van der Waals surface area (Å²) in [5.41, 5.74) is 10.1. The molecule has 5 N–H and O–H groups in total. The summed E-state index contributed by atoms with van der Waals surface area (Å²) < 4.78 is 29.6. The minimum atomic E-state index is -0.758. The van der Waals surface area contributed by atoms with Gasteiger partial charge < -0.3 is 68.7 Å². The average Bonchev–Trinajstić information content (AvgIpc) is 4.55. The van der Waals surface area contributed by atoms with Gasteiger partial charge in [0.15, 0.2) is 35.1 Å². The number of nitrogens with zero attached hydrogens (tertiary/aromatic N) is 9. The topological polar surface area (TPSA) is 274 Å². The second-order valence-electron chi connectivity index (χ2n) is 20.7. The number of unbranched alkanes of at least 4 members (excludes halogenated alkanes) is 1. The molecule has 2 saturated heterocycles. The van der Waals surface area contributed by atoms with Crippen molar-refractivity contribution >= 4 is 85.8 Å². The van der Waals surface area contributed by atoms with Gasteiger partial charge in [0.2, 0.25) is 11.7 Å². The fourth-order valence-electron chi connectivity index (χ4n) is 9.87. The Labute approximate surface area is 494 Å². The SMILES string of the molecule is C=C1C[C@@H](C2OCCN2C(=O)OCCSSc2ccccn2)N(C(=O)c2cc(OC)c(OCCCC(=O)Nc3cn(C)c(C(=O)Nc4cc(C(=O)Cc5cc(C(=O)Nc6cc(C(=O)CCCCN(C)C)n(C)c6)n(C)c5)n(C)c4)n3)cc2N)C1. The van der Waals surface area contributed by atoms with E-state index >= 15 is 0 Å². The Morgan fingerprint density at radius 2 is 1.52 bits per heavy atom. The van der Waals surface area contributed by atoms with Crippen LogP contribution in [-0.4, -0.2) is 163 Å². The number of likely N-dealkylation sites (tertiary alicyclic amines) is 1. The molecule has 1 aromatic carbocycles. The van der Waals surface area contributed by atoms with Crippen LogP contribution in [0.4, 0.5) is 27.7 Å². The van der Waals surface area contributed by atoms with Gasteiger partial charge in [-0.25, -0.2) is 14.8 Å². The first-order valence-electron chi connectivity index (χ1n) is 27.2. The number of nitrogen functional groups attached to an aromatic ring is 1. The zero-order valence-corrected chi connectivity index (χ0v) is 49.8. The largest absolute Gasteiger partial charge is 0.493 e. The second kappa shape index (κ2) is 28.3. The van der Waals surface area contributed by atoms with Crippen molar-refractivity contribution in [2.75, 3.05) is 88.1 Å². The number of anilines is 4. The van der Waals surface area contributed by atoms with Crippen molar-refractivity contribution < 1.29 is 52.5 Å². The number of aromatic nitrogens is 6. The first kappa shape index (κ1) is 61.7. The Balaban J connectivity index is 0.781. The van der Waals surface area contributed by atoms with Crippen molar-refractivity contribution in [1.29, 1.82) is 0 Å². The number of hydrogen-bond acceptors (Lipinski definition) is 17. The number of ether oxygens (including phenoxy) is 4. The zero-order valence-electron chi connectivity index (χ0n) is 48.2. The summed E-state index contributed by atoms with van der Waals surface area (Å²) in [6.45, 7) is 6.11. The highest BCUT2D eigenvalue weighted by Gasteiger charge is 2.45. The molecule has 0 bridgehead atoms. The van der Waals surface area contributed by atoms with E-state index in [9.17, 15) is 33.6 Å². The van der Waals surface area contributed by atoms with E-state index in [2.05, 4.69) is 37.4 Å². The molecular formula is C58H71N13O11S2. The lowest BCUT2D eigenvalue weighted by Crippen LogP contribution is -2.51. The van der Waals surface area contributed by atoms with Gasteiger partial charge in [0.1, 0.15) is 17.3 Å². The summed E-state index contributed by atoms with van der Waals surface area (Å²) in [5.74, 6) is -0.826. The van der Waals surface area contributed by atoms with E-state index in [0.717, 1.165) is 30.0 Å². The lowest BCUT2D eigenvalue weighted by atomic mass is 10.1. The fraction of sp³-hybridized carbons (Fsp3) is 0.397. The molecule has 8 rings (SSSR count). The van der Waals surface area contributed by atoms with Crippen molar-refractivity contribution in [2.45, 2.75) is 62.2 Å². The summed E-state index contributed by atoms with van der Waals surface area (Å²) >= 11 is 0. The van der Waals surface area contributed by atoms with Crippen LogP contribution in [0.1, 0.15) is 96.5 Å². The summed E-state index contributed by atoms with van der Waals surface area (Å²) in [6.07, 6.45) is 9.69. The molecule has 0 saturated carbocycles. The number of carbonyl (C=O) groups is 7. The van der Waals surface area contributed by atoms with Gasteiger partial charge in [0, 0.05) is 102 Å². The summed E-state index contributed by atoms with van der Waals surface area (Å²) in [4.78, 5) is 108. The maximum atomic E-state index is 14.2. The molecule has 24 nitrogen and oxygen atoms in total. The number of rotatable bonds is 27. The Morgan fingerprint density at radius 3 is 2.24 bits per heavy atom. The molecule has 84 heavy (non-hydrogen) atoms. The van der Waals surface area contributed by atoms with Gasteiger partial charge in [-0.1, -0.05) is 29.0 Å². The highest BCUT2D eigenvalue weighted by molar-refractivity contribution is 8.76. The third-order valence-electron chi connectivity index (χ3n) is 14.0. The van der Waals surface area contributed by atoms with E-state index in [4.69, 9.17) is 24.7 Å². The van der Waals surface area contributed by atoms with E-state index in [1.165, 1.54) is 56.5 Å². The Morgan fingerprint density at radius 1 is 0.798 bits per heavy atom. The van der Waals surface area contributed by atoms with Crippen LogP contribution in [0.2, 0.25) is 0 Å². The van der Waals surface area contributed by atoms with Gasteiger partial charge in [-0.15, -0.1) is 0 Å². The smallest absolute Gasteiger partial charge is 0.412 e. The molecule has 446 valence electrons. The van der Waals surface area contributed by atoms with E-state index in [-0.39, 0.29) is 97.5 Å². The summed E-state index contributed by atoms with van der Waals surface area (Å²) in [7, 11) is 15.2. The first-order chi connectivity index (χ1) is 40.3. The van der Waals surface area contributed by atoms with E-state index in [1.54, 1.807) is 89.8 Å². The maximum absolute atomic E-state index is 14.2. The van der Waals surface area contributed by atoms with Crippen LogP contribution in [0.25, 0.3) is 0 Å². The molecule has 2 atom stereocenters. The minimum Gasteiger partial charge on any atom is -0.493 e. The highest BCUT2D eigenvalue weighted by atomic mass is 33.1. The van der Waals surface area contributed by atoms with Gasteiger partial charge in [-0.3, -0.25) is 33.7 Å². The van der Waals surface area contributed by atoms with Crippen LogP contribution in [0, 0.1) is 0 Å². The number of Topliss-reactive ketones (excluding diaryl/α,β-unsaturated/α-hetero) is 2. The number of benzene rings is 1. The van der Waals surface area contributed by atoms with Gasteiger partial charge in [-0.2, -0.15) is 0 Å². The molecule has 26 heteroatoms. The zero-order chi connectivity index (χ0) is 60.2. The molecule has 1 unspecified atom stereocenters. The predicted molar refractivity (Wildman–Crippen MR) is 320 cm³/mol. The van der Waals surface area contributed by atoms with Gasteiger partial charge in [0.25, 0.3) is 17.7 Å². The molecule has 2 aliphatic rings. The van der Waals surface area contributed by atoms with Crippen LogP contribution in [-0.2, 0) is 48.9 Å². The van der Waals surface area contributed by atoms with Crippen molar-refractivity contribution in [1.82, 2.24) is 42.9 Å². The molecule has 6 aromatic rings. The normalized spacial score (nSPS) is 14.9.